The summed E-state index contributed by atoms with van der Waals surface area (Å²) in [6, 6.07) is 13.8. The molecular formula is C14H10. The summed E-state index contributed by atoms with van der Waals surface area (Å²) in [6.07, 6.45) is 4.42. The van der Waals surface area contributed by atoms with Gasteiger partial charge in [-0.05, 0) is 34.9 Å². The first-order valence-electron chi connectivity index (χ1n) is 4.81. The fourth-order valence-electron chi connectivity index (χ4n) is 2.08. The molecule has 2 aromatic rings. The molecule has 2 radical (unpaired) electrons. The van der Waals surface area contributed by atoms with Crippen LogP contribution in [-0.4, -0.2) is 0 Å². The van der Waals surface area contributed by atoms with E-state index in [4.69, 9.17) is 0 Å². The molecule has 0 unspecified atom stereocenters. The highest BCUT2D eigenvalue weighted by molar-refractivity contribution is 5.96. The fourth-order valence-corrected chi connectivity index (χ4v) is 2.08. The Bertz CT molecular complexity index is 527. The Hall–Kier alpha value is -1.56. The maximum atomic E-state index is 3.29. The van der Waals surface area contributed by atoms with Crippen LogP contribution in [0.4, 0.5) is 0 Å². The highest BCUT2D eigenvalue weighted by Gasteiger charge is 2.10. The van der Waals surface area contributed by atoms with Gasteiger partial charge in [-0.2, -0.15) is 0 Å². The van der Waals surface area contributed by atoms with Crippen molar-refractivity contribution in [1.82, 2.24) is 0 Å². The molecule has 0 atom stereocenters. The smallest absolute Gasteiger partial charge is 0.0161 e. The second-order valence-corrected chi connectivity index (χ2v) is 3.74. The van der Waals surface area contributed by atoms with Crippen LogP contribution in [0.25, 0.3) is 16.8 Å². The van der Waals surface area contributed by atoms with E-state index >= 15 is 0 Å². The van der Waals surface area contributed by atoms with Crippen LogP contribution in [0.1, 0.15) is 18.1 Å². The van der Waals surface area contributed by atoms with E-state index in [1.807, 2.05) is 6.07 Å². The maximum absolute atomic E-state index is 3.29. The van der Waals surface area contributed by atoms with Gasteiger partial charge in [0.15, 0.2) is 0 Å². The largest absolute Gasteiger partial charge is 0.0642 e. The molecule has 0 aromatic heterocycles. The van der Waals surface area contributed by atoms with Crippen LogP contribution >= 0.6 is 0 Å². The van der Waals surface area contributed by atoms with Crippen LogP contribution < -0.4 is 0 Å². The van der Waals surface area contributed by atoms with Crippen LogP contribution in [0.2, 0.25) is 0 Å². The molecule has 66 valence electrons. The van der Waals surface area contributed by atoms with Gasteiger partial charge in [0.05, 0.1) is 0 Å². The van der Waals surface area contributed by atoms with Gasteiger partial charge in [0.2, 0.25) is 0 Å². The maximum Gasteiger partial charge on any atom is 0.0161 e. The van der Waals surface area contributed by atoms with Crippen LogP contribution in [0.5, 0.6) is 0 Å². The molecule has 0 saturated carbocycles. The van der Waals surface area contributed by atoms with Crippen LogP contribution in [0.15, 0.2) is 35.9 Å². The molecule has 0 fully saturated rings. The van der Waals surface area contributed by atoms with E-state index in [9.17, 15) is 0 Å². The molecule has 0 nitrogen and oxygen atoms in total. The molecule has 3 rings (SSSR count). The molecule has 0 N–H and O–H groups in total. The van der Waals surface area contributed by atoms with Crippen molar-refractivity contribution in [3.05, 3.63) is 59.5 Å². The minimum atomic E-state index is 1.22. The van der Waals surface area contributed by atoms with Crippen molar-refractivity contribution in [2.45, 2.75) is 6.92 Å². The van der Waals surface area contributed by atoms with Gasteiger partial charge in [-0.1, -0.05) is 42.0 Å². The van der Waals surface area contributed by atoms with Gasteiger partial charge >= 0.3 is 0 Å². The highest BCUT2D eigenvalue weighted by Crippen LogP contribution is 2.31. The van der Waals surface area contributed by atoms with Crippen molar-refractivity contribution in [1.29, 1.82) is 0 Å². The summed E-state index contributed by atoms with van der Waals surface area (Å²) in [5.74, 6) is 0. The lowest BCUT2D eigenvalue weighted by Crippen LogP contribution is -1.94. The molecule has 0 spiro atoms. The average Bonchev–Trinajstić information content (AvgIpc) is 2.18. The summed E-state index contributed by atoms with van der Waals surface area (Å²) in [7, 11) is 0. The fraction of sp³-hybridized carbons (Fsp3) is 0.0714. The van der Waals surface area contributed by atoms with E-state index in [1.54, 1.807) is 0 Å². The molecule has 1 aliphatic carbocycles. The van der Waals surface area contributed by atoms with Gasteiger partial charge in [-0.15, -0.1) is 0 Å². The summed E-state index contributed by atoms with van der Waals surface area (Å²) in [6.45, 7) is 2.13. The summed E-state index contributed by atoms with van der Waals surface area (Å²) in [5.41, 5.74) is 3.83. The minimum absolute atomic E-state index is 1.22. The third-order valence-electron chi connectivity index (χ3n) is 2.66. The third-order valence-corrected chi connectivity index (χ3v) is 2.66. The second-order valence-electron chi connectivity index (χ2n) is 3.74. The summed E-state index contributed by atoms with van der Waals surface area (Å²) in [5, 5.41) is 2.64. The molecule has 14 heavy (non-hydrogen) atoms. The Labute approximate surface area is 83.9 Å². The van der Waals surface area contributed by atoms with Crippen LogP contribution in [0.3, 0.4) is 0 Å². The number of benzene rings is 2. The van der Waals surface area contributed by atoms with Crippen LogP contribution in [-0.2, 0) is 0 Å². The van der Waals surface area contributed by atoms with E-state index < -0.39 is 0 Å². The number of hydrogen-bond acceptors (Lipinski definition) is 0. The molecule has 0 aliphatic heterocycles. The summed E-state index contributed by atoms with van der Waals surface area (Å²) < 4.78 is 0. The Morgan fingerprint density at radius 3 is 3.00 bits per heavy atom. The minimum Gasteiger partial charge on any atom is -0.0642 e. The lowest BCUT2D eigenvalue weighted by atomic mass is 9.90. The molecule has 2 aromatic carbocycles. The Kier molecular flexibility index (Phi) is 1.51. The van der Waals surface area contributed by atoms with E-state index in [0.29, 0.717) is 0 Å². The molecule has 1 aliphatic rings. The standard InChI is InChI=1S/C14H10/c1-10-8-12-6-2-4-11-5-3-7-13(9-10)14(11)12/h2-6,8-9H,1H3. The summed E-state index contributed by atoms with van der Waals surface area (Å²) >= 11 is 0. The molecule has 0 saturated heterocycles. The SMILES string of the molecule is CC1=Cc2[c]ccc3cccc(c23)[CH]1. The Morgan fingerprint density at radius 2 is 2.07 bits per heavy atom. The van der Waals surface area contributed by atoms with Crippen molar-refractivity contribution in [3.63, 3.8) is 0 Å². The first kappa shape index (κ1) is 7.81. The van der Waals surface area contributed by atoms with Crippen molar-refractivity contribution >= 4 is 16.8 Å². The molecular weight excluding hydrogens is 168 g/mol. The van der Waals surface area contributed by atoms with Gasteiger partial charge in [0, 0.05) is 6.42 Å². The average molecular weight is 178 g/mol. The first-order chi connectivity index (χ1) is 6.84. The lowest BCUT2D eigenvalue weighted by molar-refractivity contribution is 1.39. The van der Waals surface area contributed by atoms with E-state index in [1.165, 1.54) is 27.5 Å². The van der Waals surface area contributed by atoms with E-state index in [-0.39, 0.29) is 0 Å². The zero-order chi connectivity index (χ0) is 9.54. The van der Waals surface area contributed by atoms with Crippen LogP contribution in [0, 0.1) is 12.5 Å². The topological polar surface area (TPSA) is 0 Å². The highest BCUT2D eigenvalue weighted by atomic mass is 14.1. The van der Waals surface area contributed by atoms with Crippen molar-refractivity contribution in [2.24, 2.45) is 0 Å². The van der Waals surface area contributed by atoms with E-state index in [2.05, 4.69) is 49.8 Å². The van der Waals surface area contributed by atoms with Gasteiger partial charge in [0.25, 0.3) is 0 Å². The number of hydrogen-bond donors (Lipinski definition) is 0. The number of allylic oxidation sites excluding steroid dienone is 1. The second kappa shape index (κ2) is 2.71. The molecule has 0 amide bonds. The van der Waals surface area contributed by atoms with Gasteiger partial charge in [-0.25, -0.2) is 0 Å². The predicted molar refractivity (Wildman–Crippen MR) is 59.8 cm³/mol. The lowest BCUT2D eigenvalue weighted by Gasteiger charge is -2.14. The van der Waals surface area contributed by atoms with Crippen molar-refractivity contribution < 1.29 is 0 Å². The molecule has 0 heteroatoms. The third kappa shape index (κ3) is 1.00. The first-order valence-corrected chi connectivity index (χ1v) is 4.81. The molecule has 0 heterocycles. The van der Waals surface area contributed by atoms with Crippen molar-refractivity contribution in [3.8, 4) is 0 Å². The zero-order valence-corrected chi connectivity index (χ0v) is 8.04. The quantitative estimate of drug-likeness (QED) is 0.578. The monoisotopic (exact) mass is 178 g/mol. The van der Waals surface area contributed by atoms with Gasteiger partial charge < -0.3 is 0 Å². The zero-order valence-electron chi connectivity index (χ0n) is 8.04. The van der Waals surface area contributed by atoms with Crippen molar-refractivity contribution in [2.75, 3.05) is 0 Å². The predicted octanol–water partition coefficient (Wildman–Crippen LogP) is 3.61. The Morgan fingerprint density at radius 1 is 1.14 bits per heavy atom. The Balaban J connectivity index is 2.50. The summed E-state index contributed by atoms with van der Waals surface area (Å²) in [4.78, 5) is 0. The molecule has 0 bridgehead atoms. The number of rotatable bonds is 0. The normalized spacial score (nSPS) is 14.2. The van der Waals surface area contributed by atoms with E-state index in [0.717, 1.165) is 0 Å². The van der Waals surface area contributed by atoms with Gasteiger partial charge in [0.1, 0.15) is 0 Å². The van der Waals surface area contributed by atoms with Gasteiger partial charge in [-0.3, -0.25) is 0 Å².